The van der Waals surface area contributed by atoms with E-state index < -0.39 is 0 Å². The number of hydrogen-bond donors (Lipinski definition) is 1. The number of nitrogens with one attached hydrogen (secondary N) is 1. The highest BCUT2D eigenvalue weighted by molar-refractivity contribution is 7.99. The molecule has 0 spiro atoms. The lowest BCUT2D eigenvalue weighted by Gasteiger charge is -2.10. The first-order valence-electron chi connectivity index (χ1n) is 8.06. The van der Waals surface area contributed by atoms with Crippen molar-refractivity contribution in [1.82, 2.24) is 25.0 Å². The number of hydrogen-bond acceptors (Lipinski definition) is 8. The predicted octanol–water partition coefficient (Wildman–Crippen LogP) is 3.42. The lowest BCUT2D eigenvalue weighted by Crippen LogP contribution is -2.14. The van der Waals surface area contributed by atoms with Crippen LogP contribution < -0.4 is 10.1 Å². The van der Waals surface area contributed by atoms with Gasteiger partial charge in [-0.05, 0) is 31.5 Å². The molecule has 0 fully saturated rings. The number of aromatic nitrogens is 5. The molecule has 27 heavy (non-hydrogen) atoms. The fraction of sp³-hybridized carbons (Fsp3) is 0.312. The summed E-state index contributed by atoms with van der Waals surface area (Å²) >= 11 is 8.73. The van der Waals surface area contributed by atoms with Crippen LogP contribution in [0.15, 0.2) is 28.9 Å². The molecule has 0 aliphatic carbocycles. The van der Waals surface area contributed by atoms with Gasteiger partial charge in [-0.15, -0.1) is 20.4 Å². The van der Waals surface area contributed by atoms with E-state index in [0.29, 0.717) is 33.4 Å². The molecule has 0 aliphatic rings. The average molecular weight is 425 g/mol. The number of anilines is 1. The smallest absolute Gasteiger partial charge is 0.236 e. The van der Waals surface area contributed by atoms with E-state index in [4.69, 9.17) is 16.3 Å². The molecule has 0 bridgehead atoms. The van der Waals surface area contributed by atoms with Crippen molar-refractivity contribution in [2.75, 3.05) is 11.1 Å². The largest absolute Gasteiger partial charge is 0.484 e. The number of rotatable bonds is 8. The Bertz CT molecular complexity index is 916. The Morgan fingerprint density at radius 1 is 1.37 bits per heavy atom. The Balaban J connectivity index is 1.60. The van der Waals surface area contributed by atoms with Gasteiger partial charge in [0.1, 0.15) is 17.9 Å². The number of benzene rings is 1. The number of aryl methyl sites for hydroxylation is 1. The van der Waals surface area contributed by atoms with Crippen molar-refractivity contribution in [2.45, 2.75) is 32.2 Å². The molecule has 142 valence electrons. The first-order valence-corrected chi connectivity index (χ1v) is 10.3. The number of thioether (sulfide) groups is 1. The number of amides is 1. The van der Waals surface area contributed by atoms with Crippen LogP contribution in [0.25, 0.3) is 0 Å². The molecule has 0 saturated heterocycles. The van der Waals surface area contributed by atoms with Crippen LogP contribution in [-0.4, -0.2) is 36.6 Å². The van der Waals surface area contributed by atoms with Gasteiger partial charge in [0.15, 0.2) is 11.0 Å². The maximum atomic E-state index is 12.0. The molecule has 0 aliphatic heterocycles. The Morgan fingerprint density at radius 2 is 2.22 bits per heavy atom. The molecule has 2 aromatic heterocycles. The van der Waals surface area contributed by atoms with Crippen LogP contribution in [0.4, 0.5) is 5.13 Å². The van der Waals surface area contributed by atoms with Gasteiger partial charge in [0.05, 0.1) is 10.8 Å². The van der Waals surface area contributed by atoms with E-state index in [1.807, 2.05) is 30.5 Å². The molecule has 8 nitrogen and oxygen atoms in total. The topological polar surface area (TPSA) is 94.8 Å². The maximum Gasteiger partial charge on any atom is 0.236 e. The zero-order chi connectivity index (χ0) is 19.2. The molecule has 0 radical (unpaired) electrons. The van der Waals surface area contributed by atoms with Crippen molar-refractivity contribution in [3.05, 3.63) is 40.1 Å². The van der Waals surface area contributed by atoms with Crippen LogP contribution in [0, 0.1) is 6.92 Å². The highest BCUT2D eigenvalue weighted by Crippen LogP contribution is 2.26. The fourth-order valence-electron chi connectivity index (χ4n) is 2.23. The van der Waals surface area contributed by atoms with Crippen LogP contribution in [0.2, 0.25) is 5.02 Å². The van der Waals surface area contributed by atoms with E-state index in [1.165, 1.54) is 23.1 Å². The van der Waals surface area contributed by atoms with Crippen molar-refractivity contribution in [3.63, 3.8) is 0 Å². The minimum absolute atomic E-state index is 0.174. The summed E-state index contributed by atoms with van der Waals surface area (Å²) in [6.45, 7) is 4.85. The zero-order valence-corrected chi connectivity index (χ0v) is 17.1. The third kappa shape index (κ3) is 5.18. The highest BCUT2D eigenvalue weighted by atomic mass is 35.5. The third-order valence-corrected chi connectivity index (χ3v) is 5.38. The molecule has 3 rings (SSSR count). The van der Waals surface area contributed by atoms with Crippen molar-refractivity contribution >= 4 is 45.7 Å². The second-order valence-corrected chi connectivity index (χ2v) is 7.63. The van der Waals surface area contributed by atoms with Gasteiger partial charge in [-0.2, -0.15) is 0 Å². The summed E-state index contributed by atoms with van der Waals surface area (Å²) in [5, 5.41) is 20.2. The van der Waals surface area contributed by atoms with Crippen LogP contribution in [0.3, 0.4) is 0 Å². The van der Waals surface area contributed by atoms with Gasteiger partial charge >= 0.3 is 0 Å². The standard InChI is InChI=1S/C16H17ClN6O2S2/c1-3-23-13(7-25-12-6-10(2)4-5-11(12)17)20-22-16(23)26-8-14(24)19-15-21-18-9-27-15/h4-6,9H,3,7-8H2,1-2H3,(H,19,21,24). The molecule has 3 aromatic rings. The summed E-state index contributed by atoms with van der Waals surface area (Å²) in [5.74, 6) is 1.30. The van der Waals surface area contributed by atoms with E-state index >= 15 is 0 Å². The molecular weight excluding hydrogens is 408 g/mol. The normalized spacial score (nSPS) is 10.8. The number of carbonyl (C=O) groups excluding carboxylic acids is 1. The first kappa shape index (κ1) is 19.6. The van der Waals surface area contributed by atoms with Gasteiger partial charge in [0.2, 0.25) is 11.0 Å². The minimum Gasteiger partial charge on any atom is -0.484 e. The molecule has 11 heteroatoms. The van der Waals surface area contributed by atoms with Crippen molar-refractivity contribution in [1.29, 1.82) is 0 Å². The second-order valence-electron chi connectivity index (χ2n) is 5.45. The molecule has 1 N–H and O–H groups in total. The lowest BCUT2D eigenvalue weighted by atomic mass is 10.2. The highest BCUT2D eigenvalue weighted by Gasteiger charge is 2.15. The van der Waals surface area contributed by atoms with Gasteiger partial charge in [-0.1, -0.05) is 40.8 Å². The summed E-state index contributed by atoms with van der Waals surface area (Å²) < 4.78 is 7.71. The van der Waals surface area contributed by atoms with E-state index in [1.54, 1.807) is 11.6 Å². The number of halogens is 1. The van der Waals surface area contributed by atoms with Gasteiger partial charge < -0.3 is 9.30 Å². The summed E-state index contributed by atoms with van der Waals surface area (Å²) in [5.41, 5.74) is 2.62. The van der Waals surface area contributed by atoms with Gasteiger partial charge in [-0.25, -0.2) is 0 Å². The molecule has 0 unspecified atom stereocenters. The quantitative estimate of drug-likeness (QED) is 0.553. The van der Waals surface area contributed by atoms with E-state index in [9.17, 15) is 4.79 Å². The molecule has 1 amide bonds. The lowest BCUT2D eigenvalue weighted by molar-refractivity contribution is -0.113. The zero-order valence-electron chi connectivity index (χ0n) is 14.7. The van der Waals surface area contributed by atoms with Crippen LogP contribution >= 0.6 is 34.7 Å². The van der Waals surface area contributed by atoms with Crippen molar-refractivity contribution in [3.8, 4) is 5.75 Å². The minimum atomic E-state index is -0.174. The molecule has 0 atom stereocenters. The van der Waals surface area contributed by atoms with Crippen LogP contribution in [-0.2, 0) is 17.9 Å². The number of nitrogens with zero attached hydrogens (tertiary/aromatic N) is 5. The first-order chi connectivity index (χ1) is 13.1. The van der Waals surface area contributed by atoms with Gasteiger partial charge in [0.25, 0.3) is 0 Å². The van der Waals surface area contributed by atoms with E-state index in [-0.39, 0.29) is 18.3 Å². The van der Waals surface area contributed by atoms with Crippen molar-refractivity contribution < 1.29 is 9.53 Å². The van der Waals surface area contributed by atoms with Gasteiger partial charge in [0, 0.05) is 6.54 Å². The summed E-state index contributed by atoms with van der Waals surface area (Å²) in [7, 11) is 0. The van der Waals surface area contributed by atoms with Crippen LogP contribution in [0.1, 0.15) is 18.3 Å². The molecular formula is C16H17ClN6O2S2. The molecule has 1 aromatic carbocycles. The Hall–Kier alpha value is -2.17. The SMILES string of the molecule is CCn1c(COc2cc(C)ccc2Cl)nnc1SCC(=O)Nc1nncs1. The number of carbonyl (C=O) groups is 1. The molecule has 0 saturated carbocycles. The molecule has 2 heterocycles. The summed E-state index contributed by atoms with van der Waals surface area (Å²) in [4.78, 5) is 12.0. The monoisotopic (exact) mass is 424 g/mol. The van der Waals surface area contributed by atoms with E-state index in [0.717, 1.165) is 5.56 Å². The second kappa shape index (κ2) is 9.16. The Morgan fingerprint density at radius 3 is 2.96 bits per heavy atom. The van der Waals surface area contributed by atoms with Crippen molar-refractivity contribution in [2.24, 2.45) is 0 Å². The Kier molecular flexibility index (Phi) is 6.64. The predicted molar refractivity (Wildman–Crippen MR) is 105 cm³/mol. The summed E-state index contributed by atoms with van der Waals surface area (Å²) in [6, 6.07) is 5.60. The fourth-order valence-corrected chi connectivity index (χ4v) is 3.68. The Labute approximate surface area is 169 Å². The van der Waals surface area contributed by atoms with Crippen LogP contribution in [0.5, 0.6) is 5.75 Å². The third-order valence-electron chi connectivity index (χ3n) is 3.49. The number of ether oxygens (including phenoxy) is 1. The maximum absolute atomic E-state index is 12.0. The summed E-state index contributed by atoms with van der Waals surface area (Å²) in [6.07, 6.45) is 0. The average Bonchev–Trinajstić information content (AvgIpc) is 3.30. The van der Waals surface area contributed by atoms with E-state index in [2.05, 4.69) is 25.7 Å². The van der Waals surface area contributed by atoms with Gasteiger partial charge in [-0.3, -0.25) is 10.1 Å².